The fourth-order valence-corrected chi connectivity index (χ4v) is 2.98. The summed E-state index contributed by atoms with van der Waals surface area (Å²) in [6.45, 7) is 2.03. The molecule has 0 aliphatic heterocycles. The maximum atomic E-state index is 4.43. The molecule has 18 heavy (non-hydrogen) atoms. The number of nitrogens with zero attached hydrogens (tertiary/aromatic N) is 2. The van der Waals surface area contributed by atoms with Crippen LogP contribution in [0.2, 0.25) is 0 Å². The molecule has 1 N–H and O–H groups in total. The van der Waals surface area contributed by atoms with Gasteiger partial charge in [0, 0.05) is 21.4 Å². The summed E-state index contributed by atoms with van der Waals surface area (Å²) >= 11 is 10.3. The van der Waals surface area contributed by atoms with E-state index in [1.165, 1.54) is 0 Å². The number of halogens is 3. The van der Waals surface area contributed by atoms with Crippen molar-refractivity contribution in [1.29, 1.82) is 0 Å². The van der Waals surface area contributed by atoms with Gasteiger partial charge in [0.25, 0.3) is 0 Å². The Bertz CT molecular complexity index is 572. The van der Waals surface area contributed by atoms with E-state index in [0.717, 1.165) is 37.3 Å². The molecule has 0 aliphatic rings. The number of rotatable bonds is 3. The summed E-state index contributed by atoms with van der Waals surface area (Å²) in [5.74, 6) is 1.58. The maximum absolute atomic E-state index is 4.43. The van der Waals surface area contributed by atoms with Crippen molar-refractivity contribution in [3.05, 3.63) is 43.6 Å². The van der Waals surface area contributed by atoms with E-state index < -0.39 is 0 Å². The number of anilines is 2. The second-order valence-electron chi connectivity index (χ2n) is 3.59. The van der Waals surface area contributed by atoms with E-state index in [1.54, 1.807) is 0 Å². The van der Waals surface area contributed by atoms with Crippen LogP contribution in [0.4, 0.5) is 11.5 Å². The molecule has 1 heterocycles. The zero-order chi connectivity index (χ0) is 13.1. The van der Waals surface area contributed by atoms with Gasteiger partial charge in [0.1, 0.15) is 16.2 Å². The average Bonchev–Trinajstić information content (AvgIpc) is 2.32. The van der Waals surface area contributed by atoms with Gasteiger partial charge in [0.05, 0.1) is 5.69 Å². The molecule has 0 amide bonds. The van der Waals surface area contributed by atoms with Crippen LogP contribution in [0.1, 0.15) is 12.7 Å². The number of hydrogen-bond donors (Lipinski definition) is 1. The van der Waals surface area contributed by atoms with Crippen molar-refractivity contribution in [1.82, 2.24) is 9.97 Å². The first-order valence-corrected chi connectivity index (χ1v) is 7.72. The van der Waals surface area contributed by atoms with E-state index in [2.05, 4.69) is 63.1 Å². The standard InChI is InChI=1S/C12H10Br3N3/c1-2-11-17-10(15)6-12(18-11)16-9-4-3-7(13)5-8(9)14/h3-6H,2H2,1H3,(H,16,17,18). The summed E-state index contributed by atoms with van der Waals surface area (Å²) in [7, 11) is 0. The lowest BCUT2D eigenvalue weighted by molar-refractivity contribution is 0.931. The Morgan fingerprint density at radius 2 is 1.89 bits per heavy atom. The first-order valence-electron chi connectivity index (χ1n) is 5.34. The van der Waals surface area contributed by atoms with E-state index in [0.29, 0.717) is 0 Å². The Morgan fingerprint density at radius 1 is 1.11 bits per heavy atom. The Balaban J connectivity index is 2.30. The molecule has 6 heteroatoms. The zero-order valence-corrected chi connectivity index (χ0v) is 14.3. The number of aryl methyl sites for hydroxylation is 1. The van der Waals surface area contributed by atoms with Gasteiger partial charge in [-0.2, -0.15) is 0 Å². The smallest absolute Gasteiger partial charge is 0.135 e. The van der Waals surface area contributed by atoms with Crippen LogP contribution in [0.25, 0.3) is 0 Å². The van der Waals surface area contributed by atoms with Crippen molar-refractivity contribution in [2.45, 2.75) is 13.3 Å². The SMILES string of the molecule is CCc1nc(Br)cc(Nc2ccc(Br)cc2Br)n1. The van der Waals surface area contributed by atoms with Gasteiger partial charge in [-0.15, -0.1) is 0 Å². The van der Waals surface area contributed by atoms with Gasteiger partial charge in [-0.25, -0.2) is 9.97 Å². The third kappa shape index (κ3) is 3.52. The Kier molecular flexibility index (Phi) is 4.75. The molecule has 0 unspecified atom stereocenters. The molecule has 1 aromatic carbocycles. The van der Waals surface area contributed by atoms with Gasteiger partial charge >= 0.3 is 0 Å². The van der Waals surface area contributed by atoms with E-state index >= 15 is 0 Å². The van der Waals surface area contributed by atoms with Gasteiger partial charge in [-0.05, 0) is 50.1 Å². The monoisotopic (exact) mass is 433 g/mol. The largest absolute Gasteiger partial charge is 0.339 e. The van der Waals surface area contributed by atoms with Crippen molar-refractivity contribution in [3.8, 4) is 0 Å². The Labute approximate surface area is 131 Å². The maximum Gasteiger partial charge on any atom is 0.135 e. The second kappa shape index (κ2) is 6.12. The molecule has 2 aromatic rings. The number of nitrogens with one attached hydrogen (secondary N) is 1. The summed E-state index contributed by atoms with van der Waals surface area (Å²) < 4.78 is 2.78. The van der Waals surface area contributed by atoms with Crippen LogP contribution in [0.3, 0.4) is 0 Å². The quantitative estimate of drug-likeness (QED) is 0.684. The Hall–Kier alpha value is -0.460. The van der Waals surface area contributed by atoms with Crippen LogP contribution in [-0.4, -0.2) is 9.97 Å². The summed E-state index contributed by atoms with van der Waals surface area (Å²) in [5, 5.41) is 3.27. The first-order chi connectivity index (χ1) is 8.58. The van der Waals surface area contributed by atoms with Gasteiger partial charge in [-0.3, -0.25) is 0 Å². The van der Waals surface area contributed by atoms with Crippen molar-refractivity contribution < 1.29 is 0 Å². The highest BCUT2D eigenvalue weighted by Gasteiger charge is 2.05. The number of hydrogen-bond acceptors (Lipinski definition) is 3. The van der Waals surface area contributed by atoms with Crippen LogP contribution >= 0.6 is 47.8 Å². The van der Waals surface area contributed by atoms with E-state index in [9.17, 15) is 0 Å². The van der Waals surface area contributed by atoms with E-state index in [4.69, 9.17) is 0 Å². The molecule has 2 rings (SSSR count). The van der Waals surface area contributed by atoms with Gasteiger partial charge in [-0.1, -0.05) is 22.9 Å². The van der Waals surface area contributed by atoms with Crippen molar-refractivity contribution in [2.24, 2.45) is 0 Å². The molecule has 0 saturated carbocycles. The molecular weight excluding hydrogens is 426 g/mol. The van der Waals surface area contributed by atoms with Crippen molar-refractivity contribution in [2.75, 3.05) is 5.32 Å². The summed E-state index contributed by atoms with van der Waals surface area (Å²) in [6, 6.07) is 7.80. The minimum absolute atomic E-state index is 0.775. The van der Waals surface area contributed by atoms with E-state index in [-0.39, 0.29) is 0 Å². The minimum Gasteiger partial charge on any atom is -0.339 e. The average molecular weight is 436 g/mol. The fourth-order valence-electron chi connectivity index (χ4n) is 1.42. The highest BCUT2D eigenvalue weighted by Crippen LogP contribution is 2.28. The first kappa shape index (κ1) is 14.0. The molecule has 94 valence electrons. The molecule has 0 aliphatic carbocycles. The minimum atomic E-state index is 0.775. The lowest BCUT2D eigenvalue weighted by Gasteiger charge is -2.09. The van der Waals surface area contributed by atoms with Crippen LogP contribution in [0.5, 0.6) is 0 Å². The molecule has 0 spiro atoms. The molecule has 0 fully saturated rings. The van der Waals surface area contributed by atoms with Gasteiger partial charge in [0.2, 0.25) is 0 Å². The van der Waals surface area contributed by atoms with Crippen LogP contribution in [0, 0.1) is 0 Å². The fraction of sp³-hybridized carbons (Fsp3) is 0.167. The predicted molar refractivity (Wildman–Crippen MR) is 84.2 cm³/mol. The summed E-state index contributed by atoms with van der Waals surface area (Å²) in [4.78, 5) is 8.70. The Morgan fingerprint density at radius 3 is 2.56 bits per heavy atom. The topological polar surface area (TPSA) is 37.8 Å². The highest BCUT2D eigenvalue weighted by molar-refractivity contribution is 9.11. The van der Waals surface area contributed by atoms with Crippen molar-refractivity contribution in [3.63, 3.8) is 0 Å². The molecular formula is C12H10Br3N3. The molecule has 0 bridgehead atoms. The van der Waals surface area contributed by atoms with Gasteiger partial charge in [0.15, 0.2) is 0 Å². The normalized spacial score (nSPS) is 10.4. The van der Waals surface area contributed by atoms with Crippen LogP contribution in [0.15, 0.2) is 37.8 Å². The molecule has 0 radical (unpaired) electrons. The molecule has 0 saturated heterocycles. The second-order valence-corrected chi connectivity index (χ2v) is 6.18. The zero-order valence-electron chi connectivity index (χ0n) is 9.54. The van der Waals surface area contributed by atoms with Gasteiger partial charge < -0.3 is 5.32 Å². The number of aromatic nitrogens is 2. The van der Waals surface area contributed by atoms with Crippen molar-refractivity contribution >= 4 is 59.3 Å². The number of benzene rings is 1. The third-order valence-electron chi connectivity index (χ3n) is 2.25. The summed E-state index contributed by atoms with van der Waals surface area (Å²) in [6.07, 6.45) is 0.801. The van der Waals surface area contributed by atoms with Crippen LogP contribution in [-0.2, 0) is 6.42 Å². The van der Waals surface area contributed by atoms with Crippen LogP contribution < -0.4 is 5.32 Å². The molecule has 1 aromatic heterocycles. The third-order valence-corrected chi connectivity index (χ3v) is 3.81. The molecule has 3 nitrogen and oxygen atoms in total. The lowest BCUT2D eigenvalue weighted by Crippen LogP contribution is -2.00. The van der Waals surface area contributed by atoms with E-state index in [1.807, 2.05) is 31.2 Å². The molecule has 0 atom stereocenters. The summed E-state index contributed by atoms with van der Waals surface area (Å²) in [5.41, 5.74) is 0.964. The highest BCUT2D eigenvalue weighted by atomic mass is 79.9. The lowest BCUT2D eigenvalue weighted by atomic mass is 10.3. The predicted octanol–water partition coefficient (Wildman–Crippen LogP) is 5.07.